The van der Waals surface area contributed by atoms with Gasteiger partial charge in [0.2, 0.25) is 5.91 Å². The van der Waals surface area contributed by atoms with Crippen molar-refractivity contribution in [2.75, 3.05) is 26.2 Å². The average Bonchev–Trinajstić information content (AvgIpc) is 2.52. The fraction of sp³-hybridized carbons (Fsp3) is 0.778. The highest BCUT2D eigenvalue weighted by Gasteiger charge is 2.18. The maximum absolute atomic E-state index is 11.1. The van der Waals surface area contributed by atoms with Gasteiger partial charge in [-0.05, 0) is 19.4 Å². The van der Waals surface area contributed by atoms with Gasteiger partial charge < -0.3 is 15.0 Å². The summed E-state index contributed by atoms with van der Waals surface area (Å²) in [6.07, 6.45) is 3.49. The molecule has 0 aromatic carbocycles. The largest absolute Gasteiger partial charge is 0.343 e. The first kappa shape index (κ1) is 10.2. The van der Waals surface area contributed by atoms with Crippen LogP contribution in [-0.2, 0) is 9.59 Å². The minimum atomic E-state index is 0.274. The molecule has 0 aromatic heterocycles. The molecule has 4 heteroatoms. The number of hydrogen-bond donors (Lipinski definition) is 1. The van der Waals surface area contributed by atoms with Crippen molar-refractivity contribution in [2.45, 2.75) is 19.3 Å². The summed E-state index contributed by atoms with van der Waals surface area (Å²) in [4.78, 5) is 23.0. The number of hydrogen-bond acceptors (Lipinski definition) is 3. The highest BCUT2D eigenvalue weighted by Crippen LogP contribution is 2.08. The minimum Gasteiger partial charge on any atom is -0.343 e. The molecule has 13 heavy (non-hydrogen) atoms. The van der Waals surface area contributed by atoms with Gasteiger partial charge in [-0.2, -0.15) is 0 Å². The van der Waals surface area contributed by atoms with Gasteiger partial charge in [-0.15, -0.1) is 0 Å². The Bertz CT molecular complexity index is 182. The first-order valence-corrected chi connectivity index (χ1v) is 4.76. The third-order valence-corrected chi connectivity index (χ3v) is 2.18. The van der Waals surface area contributed by atoms with Crippen LogP contribution in [0.2, 0.25) is 0 Å². The quantitative estimate of drug-likeness (QED) is 0.459. The van der Waals surface area contributed by atoms with E-state index < -0.39 is 0 Å². The first-order chi connectivity index (χ1) is 6.34. The lowest BCUT2D eigenvalue weighted by molar-refractivity contribution is -0.127. The Morgan fingerprint density at radius 3 is 3.00 bits per heavy atom. The molecule has 74 valence electrons. The fourth-order valence-electron chi connectivity index (χ4n) is 1.50. The predicted molar refractivity (Wildman–Crippen MR) is 49.4 cm³/mol. The highest BCUT2D eigenvalue weighted by molar-refractivity contribution is 5.77. The van der Waals surface area contributed by atoms with Crippen LogP contribution in [-0.4, -0.2) is 43.3 Å². The van der Waals surface area contributed by atoms with E-state index >= 15 is 0 Å². The Morgan fingerprint density at radius 1 is 1.54 bits per heavy atom. The topological polar surface area (TPSA) is 49.4 Å². The molecule has 0 aromatic rings. The smallest absolute Gasteiger partial charge is 0.222 e. The van der Waals surface area contributed by atoms with Crippen molar-refractivity contribution in [2.24, 2.45) is 0 Å². The third-order valence-electron chi connectivity index (χ3n) is 2.18. The van der Waals surface area contributed by atoms with E-state index in [2.05, 4.69) is 5.32 Å². The molecular formula is C9H16N2O2. The van der Waals surface area contributed by atoms with Crippen LogP contribution in [0.15, 0.2) is 0 Å². The number of rotatable bonds is 6. The Kier molecular flexibility index (Phi) is 4.46. The van der Waals surface area contributed by atoms with E-state index in [-0.39, 0.29) is 5.91 Å². The Labute approximate surface area is 78.3 Å². The van der Waals surface area contributed by atoms with Crippen LogP contribution in [0.3, 0.4) is 0 Å². The molecule has 0 radical (unpaired) electrons. The van der Waals surface area contributed by atoms with Gasteiger partial charge in [0.05, 0.1) is 6.54 Å². The molecule has 1 N–H and O–H groups in total. The Balaban J connectivity index is 1.99. The summed E-state index contributed by atoms with van der Waals surface area (Å²) in [5, 5.41) is 2.97. The molecule has 1 fully saturated rings. The monoisotopic (exact) mass is 184 g/mol. The van der Waals surface area contributed by atoms with Crippen molar-refractivity contribution in [3.8, 4) is 0 Å². The standard InChI is InChI=1S/C9H16N2O2/c12-8-5-10-4-2-7-11-6-1-3-9(11)13/h8,10H,1-7H2. The zero-order chi connectivity index (χ0) is 9.52. The van der Waals surface area contributed by atoms with Crippen LogP contribution in [0, 0.1) is 0 Å². The van der Waals surface area contributed by atoms with E-state index in [0.717, 1.165) is 38.8 Å². The van der Waals surface area contributed by atoms with E-state index in [1.54, 1.807) is 0 Å². The molecule has 1 rings (SSSR count). The summed E-state index contributed by atoms with van der Waals surface area (Å²) in [6.45, 7) is 2.95. The normalized spacial score (nSPS) is 16.6. The molecule has 0 spiro atoms. The fourth-order valence-corrected chi connectivity index (χ4v) is 1.50. The van der Waals surface area contributed by atoms with E-state index in [4.69, 9.17) is 0 Å². The molecule has 1 heterocycles. The molecule has 1 aliphatic rings. The molecule has 1 aliphatic heterocycles. The number of nitrogens with zero attached hydrogens (tertiary/aromatic N) is 1. The van der Waals surface area contributed by atoms with Crippen molar-refractivity contribution in [1.82, 2.24) is 10.2 Å². The van der Waals surface area contributed by atoms with E-state index in [0.29, 0.717) is 13.0 Å². The number of nitrogens with one attached hydrogen (secondary N) is 1. The molecule has 0 bridgehead atoms. The van der Waals surface area contributed by atoms with Gasteiger partial charge in [-0.1, -0.05) is 0 Å². The summed E-state index contributed by atoms with van der Waals surface area (Å²) in [5.74, 6) is 0.274. The summed E-state index contributed by atoms with van der Waals surface area (Å²) in [5.41, 5.74) is 0. The van der Waals surface area contributed by atoms with Crippen LogP contribution in [0.4, 0.5) is 0 Å². The Hall–Kier alpha value is -0.900. The highest BCUT2D eigenvalue weighted by atomic mass is 16.2. The van der Waals surface area contributed by atoms with Crippen LogP contribution in [0.5, 0.6) is 0 Å². The van der Waals surface area contributed by atoms with E-state index in [1.807, 2.05) is 4.90 Å². The zero-order valence-corrected chi connectivity index (χ0v) is 7.79. The molecule has 1 amide bonds. The van der Waals surface area contributed by atoms with Gasteiger partial charge in [-0.25, -0.2) is 0 Å². The average molecular weight is 184 g/mol. The predicted octanol–water partition coefficient (Wildman–Crippen LogP) is -0.213. The molecule has 1 saturated heterocycles. The Morgan fingerprint density at radius 2 is 2.38 bits per heavy atom. The summed E-state index contributed by atoms with van der Waals surface area (Å²) < 4.78 is 0. The van der Waals surface area contributed by atoms with E-state index in [1.165, 1.54) is 0 Å². The molecule has 0 atom stereocenters. The van der Waals surface area contributed by atoms with Crippen molar-refractivity contribution < 1.29 is 9.59 Å². The zero-order valence-electron chi connectivity index (χ0n) is 7.79. The van der Waals surface area contributed by atoms with Gasteiger partial charge in [0, 0.05) is 19.5 Å². The number of likely N-dealkylation sites (tertiary alicyclic amines) is 1. The van der Waals surface area contributed by atoms with Crippen molar-refractivity contribution >= 4 is 12.2 Å². The number of carbonyl (C=O) groups excluding carboxylic acids is 2. The second kappa shape index (κ2) is 5.70. The number of carbonyl (C=O) groups is 2. The first-order valence-electron chi connectivity index (χ1n) is 4.76. The lowest BCUT2D eigenvalue weighted by Gasteiger charge is -2.14. The van der Waals surface area contributed by atoms with Gasteiger partial charge in [0.15, 0.2) is 0 Å². The molecule has 0 aliphatic carbocycles. The number of amides is 1. The molecular weight excluding hydrogens is 168 g/mol. The summed E-state index contributed by atoms with van der Waals surface area (Å²) >= 11 is 0. The van der Waals surface area contributed by atoms with Crippen molar-refractivity contribution in [3.05, 3.63) is 0 Å². The summed E-state index contributed by atoms with van der Waals surface area (Å²) in [6, 6.07) is 0. The third kappa shape index (κ3) is 3.55. The van der Waals surface area contributed by atoms with Crippen LogP contribution < -0.4 is 5.32 Å². The van der Waals surface area contributed by atoms with Crippen molar-refractivity contribution in [3.63, 3.8) is 0 Å². The molecule has 0 unspecified atom stereocenters. The van der Waals surface area contributed by atoms with Gasteiger partial charge in [0.25, 0.3) is 0 Å². The van der Waals surface area contributed by atoms with Crippen LogP contribution in [0.25, 0.3) is 0 Å². The maximum Gasteiger partial charge on any atom is 0.222 e. The van der Waals surface area contributed by atoms with Crippen LogP contribution >= 0.6 is 0 Å². The second-order valence-corrected chi connectivity index (χ2v) is 3.21. The lowest BCUT2D eigenvalue weighted by atomic mass is 10.4. The van der Waals surface area contributed by atoms with Gasteiger partial charge >= 0.3 is 0 Å². The lowest BCUT2D eigenvalue weighted by Crippen LogP contribution is -2.28. The summed E-state index contributed by atoms with van der Waals surface area (Å²) in [7, 11) is 0. The molecule has 4 nitrogen and oxygen atoms in total. The van der Waals surface area contributed by atoms with E-state index in [9.17, 15) is 9.59 Å². The SMILES string of the molecule is O=CCNCCCN1CCCC1=O. The van der Waals surface area contributed by atoms with Gasteiger partial charge in [-0.3, -0.25) is 4.79 Å². The maximum atomic E-state index is 11.1. The number of aldehydes is 1. The minimum absolute atomic E-state index is 0.274. The van der Waals surface area contributed by atoms with Crippen molar-refractivity contribution in [1.29, 1.82) is 0 Å². The van der Waals surface area contributed by atoms with Gasteiger partial charge in [0.1, 0.15) is 6.29 Å². The second-order valence-electron chi connectivity index (χ2n) is 3.21. The van der Waals surface area contributed by atoms with Crippen LogP contribution in [0.1, 0.15) is 19.3 Å². The molecule has 0 saturated carbocycles.